The monoisotopic (exact) mass is 322 g/mol. The van der Waals surface area contributed by atoms with Gasteiger partial charge in [-0.25, -0.2) is 19.2 Å². The first-order valence-electron chi connectivity index (χ1n) is 5.64. The molecule has 0 atom stereocenters. The lowest BCUT2D eigenvalue weighted by Gasteiger charge is -2.14. The Bertz CT molecular complexity index is 718. The number of hydrogen-bond donors (Lipinski definition) is 0. The number of fused-ring (bicyclic) bond motifs is 1. The van der Waals surface area contributed by atoms with Crippen LogP contribution < -0.4 is 0 Å². The van der Waals surface area contributed by atoms with E-state index in [0.29, 0.717) is 6.20 Å². The van der Waals surface area contributed by atoms with Crippen LogP contribution in [0.2, 0.25) is 5.02 Å². The molecule has 21 heavy (non-hydrogen) atoms. The fraction of sp³-hybridized carbons (Fsp3) is 0.250. The highest BCUT2D eigenvalue weighted by atomic mass is 35.5. The number of hydrogen-bond acceptors (Lipinski definition) is 4. The maximum Gasteiger partial charge on any atom is 0.434 e. The molecule has 4 nitrogen and oxygen atoms in total. The van der Waals surface area contributed by atoms with Gasteiger partial charge >= 0.3 is 12.1 Å². The number of aromatic nitrogens is 2. The van der Waals surface area contributed by atoms with Crippen LogP contribution in [-0.2, 0) is 10.9 Å². The minimum atomic E-state index is -4.93. The molecule has 0 aliphatic carbocycles. The molecule has 0 N–H and O–H groups in total. The number of alkyl halides is 3. The molecule has 0 radical (unpaired) electrons. The van der Waals surface area contributed by atoms with Crippen molar-refractivity contribution in [3.63, 3.8) is 0 Å². The van der Waals surface area contributed by atoms with Crippen LogP contribution in [0, 0.1) is 5.82 Å². The van der Waals surface area contributed by atoms with Crippen molar-refractivity contribution < 1.29 is 27.1 Å². The second-order valence-electron chi connectivity index (χ2n) is 3.89. The number of rotatable bonds is 2. The molecule has 0 bridgehead atoms. The minimum absolute atomic E-state index is 0.147. The molecule has 0 aliphatic heterocycles. The topological polar surface area (TPSA) is 52.1 Å². The van der Waals surface area contributed by atoms with E-state index in [9.17, 15) is 22.4 Å². The third-order valence-corrected chi connectivity index (χ3v) is 2.88. The average molecular weight is 323 g/mol. The summed E-state index contributed by atoms with van der Waals surface area (Å²) in [5, 5.41) is -0.800. The van der Waals surface area contributed by atoms with E-state index in [1.807, 2.05) is 0 Å². The third kappa shape index (κ3) is 2.90. The zero-order valence-corrected chi connectivity index (χ0v) is 11.2. The van der Waals surface area contributed by atoms with Crippen molar-refractivity contribution in [2.45, 2.75) is 13.1 Å². The molecule has 0 amide bonds. The summed E-state index contributed by atoms with van der Waals surface area (Å²) in [7, 11) is 0. The van der Waals surface area contributed by atoms with E-state index in [-0.39, 0.29) is 12.0 Å². The lowest BCUT2D eigenvalue weighted by Crippen LogP contribution is -2.18. The van der Waals surface area contributed by atoms with Gasteiger partial charge in [-0.2, -0.15) is 13.2 Å². The lowest BCUT2D eigenvalue weighted by atomic mass is 10.1. The lowest BCUT2D eigenvalue weighted by molar-refractivity contribution is -0.141. The normalized spacial score (nSPS) is 11.7. The summed E-state index contributed by atoms with van der Waals surface area (Å²) in [4.78, 5) is 18.4. The number of ether oxygens (including phenoxy) is 1. The first-order chi connectivity index (χ1) is 9.75. The van der Waals surface area contributed by atoms with Crippen LogP contribution in [0.3, 0.4) is 0 Å². The SMILES string of the molecule is CCOC(=O)c1c(C(F)(F)F)nc2ncc(F)cc2c1Cl. The molecule has 0 spiro atoms. The summed E-state index contributed by atoms with van der Waals surface area (Å²) in [5.41, 5.74) is -2.88. The molecule has 0 saturated carbocycles. The predicted molar refractivity (Wildman–Crippen MR) is 65.5 cm³/mol. The van der Waals surface area contributed by atoms with E-state index in [2.05, 4.69) is 14.7 Å². The summed E-state index contributed by atoms with van der Waals surface area (Å²) < 4.78 is 56.7. The standard InChI is InChI=1S/C12H7ClF4N2O2/c1-2-21-11(20)7-8(13)6-3-5(14)4-18-10(6)19-9(7)12(15,16)17/h3-4H,2H2,1H3. The molecule has 0 aliphatic rings. The molecular formula is C12H7ClF4N2O2. The molecule has 2 rings (SSSR count). The van der Waals surface area contributed by atoms with Crippen LogP contribution in [0.1, 0.15) is 23.0 Å². The van der Waals surface area contributed by atoms with Gasteiger partial charge in [-0.1, -0.05) is 11.6 Å². The Hall–Kier alpha value is -1.96. The molecule has 0 fully saturated rings. The zero-order chi connectivity index (χ0) is 15.8. The van der Waals surface area contributed by atoms with Gasteiger partial charge in [-0.3, -0.25) is 0 Å². The largest absolute Gasteiger partial charge is 0.462 e. The fourth-order valence-corrected chi connectivity index (χ4v) is 1.98. The molecule has 112 valence electrons. The van der Waals surface area contributed by atoms with Crippen molar-refractivity contribution in [3.8, 4) is 0 Å². The molecule has 0 saturated heterocycles. The summed E-state index contributed by atoms with van der Waals surface area (Å²) in [6.07, 6.45) is -4.23. The van der Waals surface area contributed by atoms with Crippen LogP contribution in [0.4, 0.5) is 17.6 Å². The second kappa shape index (κ2) is 5.44. The molecule has 9 heteroatoms. The van der Waals surface area contributed by atoms with E-state index in [1.165, 1.54) is 6.92 Å². The summed E-state index contributed by atoms with van der Waals surface area (Å²) in [5.74, 6) is -2.10. The van der Waals surface area contributed by atoms with Crippen molar-refractivity contribution in [1.29, 1.82) is 0 Å². The van der Waals surface area contributed by atoms with Crippen LogP contribution in [-0.4, -0.2) is 22.5 Å². The number of pyridine rings is 2. The Morgan fingerprint density at radius 2 is 2.10 bits per heavy atom. The summed E-state index contributed by atoms with van der Waals surface area (Å²) >= 11 is 5.81. The molecule has 0 aromatic carbocycles. The van der Waals surface area contributed by atoms with Crippen LogP contribution in [0.25, 0.3) is 11.0 Å². The van der Waals surface area contributed by atoms with E-state index in [4.69, 9.17) is 11.6 Å². The van der Waals surface area contributed by atoms with Gasteiger partial charge in [-0.15, -0.1) is 0 Å². The van der Waals surface area contributed by atoms with Gasteiger partial charge in [-0.05, 0) is 13.0 Å². The summed E-state index contributed by atoms with van der Waals surface area (Å²) in [6.45, 7) is 1.28. The number of halogens is 5. The highest BCUT2D eigenvalue weighted by molar-refractivity contribution is 6.38. The third-order valence-electron chi connectivity index (χ3n) is 2.49. The predicted octanol–water partition coefficient (Wildman–Crippen LogP) is 3.62. The van der Waals surface area contributed by atoms with Crippen LogP contribution >= 0.6 is 11.6 Å². The number of esters is 1. The van der Waals surface area contributed by atoms with Gasteiger partial charge < -0.3 is 4.74 Å². The van der Waals surface area contributed by atoms with Gasteiger partial charge in [0, 0.05) is 5.39 Å². The van der Waals surface area contributed by atoms with Gasteiger partial charge in [0.05, 0.1) is 17.8 Å². The molecule has 0 unspecified atom stereocenters. The fourth-order valence-electron chi connectivity index (χ4n) is 1.68. The van der Waals surface area contributed by atoms with Crippen LogP contribution in [0.5, 0.6) is 0 Å². The smallest absolute Gasteiger partial charge is 0.434 e. The van der Waals surface area contributed by atoms with Crippen molar-refractivity contribution in [2.75, 3.05) is 6.61 Å². The molecular weight excluding hydrogens is 316 g/mol. The average Bonchev–Trinajstić information content (AvgIpc) is 2.38. The maximum atomic E-state index is 13.1. The molecule has 2 aromatic heterocycles. The van der Waals surface area contributed by atoms with Crippen molar-refractivity contribution in [3.05, 3.63) is 34.4 Å². The van der Waals surface area contributed by atoms with E-state index in [1.54, 1.807) is 0 Å². The number of nitrogens with zero attached hydrogens (tertiary/aromatic N) is 2. The van der Waals surface area contributed by atoms with Gasteiger partial charge in [0.2, 0.25) is 0 Å². The quantitative estimate of drug-likeness (QED) is 0.626. The minimum Gasteiger partial charge on any atom is -0.462 e. The Morgan fingerprint density at radius 3 is 2.67 bits per heavy atom. The van der Waals surface area contributed by atoms with Crippen molar-refractivity contribution >= 4 is 28.6 Å². The maximum absolute atomic E-state index is 13.1. The van der Waals surface area contributed by atoms with E-state index >= 15 is 0 Å². The first kappa shape index (κ1) is 15.4. The highest BCUT2D eigenvalue weighted by Crippen LogP contribution is 2.37. The first-order valence-corrected chi connectivity index (χ1v) is 6.02. The van der Waals surface area contributed by atoms with E-state index < -0.39 is 39.9 Å². The van der Waals surface area contributed by atoms with Crippen molar-refractivity contribution in [1.82, 2.24) is 9.97 Å². The molecule has 2 heterocycles. The van der Waals surface area contributed by atoms with Gasteiger partial charge in [0.25, 0.3) is 0 Å². The Labute approximate surface area is 120 Å². The zero-order valence-electron chi connectivity index (χ0n) is 10.5. The van der Waals surface area contributed by atoms with Gasteiger partial charge in [0.15, 0.2) is 11.3 Å². The van der Waals surface area contributed by atoms with Crippen molar-refractivity contribution in [2.24, 2.45) is 0 Å². The van der Waals surface area contributed by atoms with Crippen LogP contribution in [0.15, 0.2) is 12.3 Å². The molecule has 2 aromatic rings. The Kier molecular flexibility index (Phi) is 3.99. The van der Waals surface area contributed by atoms with Gasteiger partial charge in [0.1, 0.15) is 11.4 Å². The summed E-state index contributed by atoms with van der Waals surface area (Å²) in [6, 6.07) is 0.848. The Morgan fingerprint density at radius 1 is 1.43 bits per heavy atom. The second-order valence-corrected chi connectivity index (χ2v) is 4.27. The number of carbonyl (C=O) groups is 1. The highest BCUT2D eigenvalue weighted by Gasteiger charge is 2.40. The number of carbonyl (C=O) groups excluding carboxylic acids is 1. The van der Waals surface area contributed by atoms with E-state index in [0.717, 1.165) is 6.07 Å². The Balaban J connectivity index is 2.83.